The second-order valence-electron chi connectivity index (χ2n) is 2.54. The number of carbonyl (C=O) groups excluding carboxylic acids is 1. The molecule has 0 aliphatic carbocycles. The second-order valence-corrected chi connectivity index (χ2v) is 4.09. The average molecular weight is 256 g/mol. The van der Waals surface area contributed by atoms with Crippen LogP contribution in [0.3, 0.4) is 0 Å². The number of hydrogen-bond donors (Lipinski definition) is 2. The van der Waals surface area contributed by atoms with Gasteiger partial charge in [0.05, 0.1) is 0 Å². The van der Waals surface area contributed by atoms with Gasteiger partial charge in [0.1, 0.15) is 4.90 Å². The molecule has 8 heteroatoms. The molecule has 0 atom stereocenters. The van der Waals surface area contributed by atoms with E-state index in [0.717, 1.165) is 0 Å². The van der Waals surface area contributed by atoms with E-state index in [0.29, 0.717) is 0 Å². The van der Waals surface area contributed by atoms with Gasteiger partial charge < -0.3 is 14.4 Å². The fourth-order valence-corrected chi connectivity index (χ4v) is 1.68. The van der Waals surface area contributed by atoms with E-state index in [2.05, 4.69) is 4.18 Å². The van der Waals surface area contributed by atoms with Gasteiger partial charge in [-0.2, -0.15) is 8.42 Å². The van der Waals surface area contributed by atoms with Crippen LogP contribution in [0.2, 0.25) is 0 Å². The topological polar surface area (TPSA) is 101 Å². The van der Waals surface area contributed by atoms with Gasteiger partial charge in [0.15, 0.2) is 0 Å². The normalized spacial score (nSPS) is 10.7. The van der Waals surface area contributed by atoms with Crippen LogP contribution in [0, 0.1) is 0 Å². The molecule has 0 fully saturated rings. The van der Waals surface area contributed by atoms with Crippen molar-refractivity contribution in [3.05, 3.63) is 30.3 Å². The molecule has 0 aliphatic rings. The first-order valence-electron chi connectivity index (χ1n) is 3.83. The summed E-state index contributed by atoms with van der Waals surface area (Å²) >= 11 is 0. The van der Waals surface area contributed by atoms with Crippen molar-refractivity contribution in [1.82, 2.24) is 0 Å². The van der Waals surface area contributed by atoms with Gasteiger partial charge in [-0.05, 0) is 12.1 Å². The summed E-state index contributed by atoms with van der Waals surface area (Å²) in [4.78, 5) is 10.4. The van der Waals surface area contributed by atoms with Crippen molar-refractivity contribution < 1.29 is 27.6 Å². The van der Waals surface area contributed by atoms with Crippen molar-refractivity contribution in [3.8, 4) is 0 Å². The van der Waals surface area contributed by atoms with E-state index >= 15 is 0 Å². The number of aliphatic hydroxyl groups excluding tert-OH is 1. The van der Waals surface area contributed by atoms with Gasteiger partial charge in [0.2, 0.25) is 0 Å². The summed E-state index contributed by atoms with van der Waals surface area (Å²) in [6.45, 7) is 0. The van der Waals surface area contributed by atoms with Crippen molar-refractivity contribution in [2.24, 2.45) is 0 Å². The minimum absolute atomic E-state index is 0. The first-order valence-corrected chi connectivity index (χ1v) is 5.24. The molecule has 0 saturated heterocycles. The summed E-state index contributed by atoms with van der Waals surface area (Å²) in [6, 6.07) is 6.90. The van der Waals surface area contributed by atoms with Crippen LogP contribution >= 0.6 is 0 Å². The van der Waals surface area contributed by atoms with Crippen molar-refractivity contribution in [2.45, 2.75) is 11.2 Å². The molecule has 0 aliphatic heterocycles. The molecule has 6 nitrogen and oxygen atoms in total. The fourth-order valence-electron chi connectivity index (χ4n) is 0.786. The molecule has 0 unspecified atom stereocenters. The second kappa shape index (κ2) is 6.33. The summed E-state index contributed by atoms with van der Waals surface area (Å²) in [5, 5.41) is 16.7. The molecule has 1 aromatic rings. The third-order valence-corrected chi connectivity index (χ3v) is 2.67. The first kappa shape index (κ1) is 15.6. The quantitative estimate of drug-likeness (QED) is 0.391. The zero-order valence-corrected chi connectivity index (χ0v) is 8.22. The Morgan fingerprint density at radius 1 is 1.19 bits per heavy atom. The molecule has 0 amide bonds. The zero-order valence-electron chi connectivity index (χ0n) is 7.40. The van der Waals surface area contributed by atoms with E-state index < -0.39 is 22.4 Å². The Kier molecular flexibility index (Phi) is 6.16. The average Bonchev–Trinajstić information content (AvgIpc) is 2.18. The number of benzene rings is 1. The van der Waals surface area contributed by atoms with Crippen LogP contribution in [-0.4, -0.2) is 60.4 Å². The fraction of sp³-hybridized carbons (Fsp3) is 0.125. The molecule has 0 bridgehead atoms. The van der Waals surface area contributed by atoms with Crippen LogP contribution < -0.4 is 0 Å². The Morgan fingerprint density at radius 3 is 2.12 bits per heavy atom. The van der Waals surface area contributed by atoms with Gasteiger partial charge in [-0.1, -0.05) is 18.2 Å². The van der Waals surface area contributed by atoms with Gasteiger partial charge in [-0.3, -0.25) is 0 Å². The Balaban J connectivity index is 0.00000225. The standard InChI is InChI=1S/C8H8O6S.Na.H/c9-7(10)8(11)14-15(12,13)6-4-2-1-3-5-6;;/h1-5,7,9-10H;;. The molecule has 0 spiro atoms. The Morgan fingerprint density at radius 2 is 1.69 bits per heavy atom. The molecular formula is C8H9NaO6S. The number of rotatable bonds is 3. The Bertz CT molecular complexity index is 441. The van der Waals surface area contributed by atoms with Gasteiger partial charge in [-0.15, -0.1) is 0 Å². The van der Waals surface area contributed by atoms with Crippen LogP contribution in [0.15, 0.2) is 35.2 Å². The molecule has 0 radical (unpaired) electrons. The Hall–Kier alpha value is -0.440. The molecule has 1 aromatic carbocycles. The van der Waals surface area contributed by atoms with E-state index in [1.807, 2.05) is 0 Å². The van der Waals surface area contributed by atoms with Gasteiger partial charge in [0.25, 0.3) is 6.29 Å². The summed E-state index contributed by atoms with van der Waals surface area (Å²) in [5.74, 6) is -1.64. The predicted octanol–water partition coefficient (Wildman–Crippen LogP) is -1.42. The van der Waals surface area contributed by atoms with Crippen LogP contribution in [0.1, 0.15) is 0 Å². The molecule has 0 saturated carbocycles. The molecule has 0 heterocycles. The van der Waals surface area contributed by atoms with E-state index in [4.69, 9.17) is 10.2 Å². The summed E-state index contributed by atoms with van der Waals surface area (Å²) in [6.07, 6.45) is -2.47. The van der Waals surface area contributed by atoms with Crippen LogP contribution in [-0.2, 0) is 19.1 Å². The number of hydrogen-bond acceptors (Lipinski definition) is 6. The molecular weight excluding hydrogens is 247 g/mol. The first-order chi connectivity index (χ1) is 6.93. The van der Waals surface area contributed by atoms with Crippen molar-refractivity contribution in [2.75, 3.05) is 0 Å². The van der Waals surface area contributed by atoms with Crippen LogP contribution in [0.4, 0.5) is 0 Å². The summed E-state index contributed by atoms with van der Waals surface area (Å²) in [7, 11) is -4.27. The maximum atomic E-state index is 11.3. The van der Waals surface area contributed by atoms with Crippen LogP contribution in [0.5, 0.6) is 0 Å². The van der Waals surface area contributed by atoms with Gasteiger partial charge in [-0.25, -0.2) is 4.79 Å². The van der Waals surface area contributed by atoms with Crippen LogP contribution in [0.25, 0.3) is 0 Å². The van der Waals surface area contributed by atoms with Crippen molar-refractivity contribution in [3.63, 3.8) is 0 Å². The van der Waals surface area contributed by atoms with Crippen molar-refractivity contribution in [1.29, 1.82) is 0 Å². The van der Waals surface area contributed by atoms with Gasteiger partial charge >= 0.3 is 45.6 Å². The van der Waals surface area contributed by atoms with E-state index in [1.54, 1.807) is 6.07 Å². The SMILES string of the molecule is O=C(OS(=O)(=O)c1ccccc1)C(O)O.[NaH]. The monoisotopic (exact) mass is 256 g/mol. The molecule has 84 valence electrons. The number of aliphatic hydroxyl groups is 2. The van der Waals surface area contributed by atoms with Crippen molar-refractivity contribution >= 4 is 45.6 Å². The number of carbonyl (C=O) groups is 1. The molecule has 16 heavy (non-hydrogen) atoms. The van der Waals surface area contributed by atoms with E-state index in [9.17, 15) is 13.2 Å². The maximum absolute atomic E-state index is 11.3. The third-order valence-electron chi connectivity index (χ3n) is 1.43. The summed E-state index contributed by atoms with van der Waals surface area (Å²) in [5.41, 5.74) is 0. The predicted molar refractivity (Wildman–Crippen MR) is 55.1 cm³/mol. The van der Waals surface area contributed by atoms with Gasteiger partial charge in [0, 0.05) is 0 Å². The third kappa shape index (κ3) is 4.20. The summed E-state index contributed by atoms with van der Waals surface area (Å²) < 4.78 is 26.5. The van der Waals surface area contributed by atoms with E-state index in [1.165, 1.54) is 24.3 Å². The zero-order chi connectivity index (χ0) is 11.5. The molecule has 2 N–H and O–H groups in total. The molecule has 1 rings (SSSR count). The minimum atomic E-state index is -4.27. The Labute approximate surface area is 114 Å². The molecule has 0 aromatic heterocycles. The van der Waals surface area contributed by atoms with E-state index in [-0.39, 0.29) is 34.5 Å².